The number of para-hydroxylation sites is 1. The van der Waals surface area contributed by atoms with Crippen LogP contribution in [0.15, 0.2) is 30.5 Å². The fourth-order valence-electron chi connectivity index (χ4n) is 1.78. The zero-order chi connectivity index (χ0) is 14.9. The van der Waals surface area contributed by atoms with E-state index in [-0.39, 0.29) is 28.5 Å². The Morgan fingerprint density at radius 3 is 2.60 bits per heavy atom. The van der Waals surface area contributed by atoms with E-state index in [2.05, 4.69) is 5.10 Å². The molecule has 1 aromatic heterocycles. The molecule has 0 aliphatic carbocycles. The molecule has 0 atom stereocenters. The number of carbonyl (C=O) groups is 2. The number of hydrogen-bond acceptors (Lipinski definition) is 4. The Labute approximate surface area is 115 Å². The minimum Gasteiger partial charge on any atom is -0.478 e. The van der Waals surface area contributed by atoms with Crippen LogP contribution in [0.2, 0.25) is 0 Å². The van der Waals surface area contributed by atoms with Gasteiger partial charge in [0.1, 0.15) is 5.69 Å². The Bertz CT molecular complexity index is 676. The van der Waals surface area contributed by atoms with Crippen molar-refractivity contribution in [2.24, 2.45) is 0 Å². The number of nitrogens with zero attached hydrogens (tertiary/aromatic N) is 3. The van der Waals surface area contributed by atoms with Gasteiger partial charge in [0.15, 0.2) is 5.69 Å². The molecule has 3 N–H and O–H groups in total. The van der Waals surface area contributed by atoms with Gasteiger partial charge in [0.05, 0.1) is 11.3 Å². The Hall–Kier alpha value is -2.83. The number of benzene rings is 1. The maximum absolute atomic E-state index is 11.8. The minimum atomic E-state index is -1.11. The molecule has 0 bridgehead atoms. The first-order chi connectivity index (χ1) is 9.41. The second-order valence-electron chi connectivity index (χ2n) is 4.39. The summed E-state index contributed by atoms with van der Waals surface area (Å²) in [5.74, 6) is -1.38. The monoisotopic (exact) mass is 274 g/mol. The summed E-state index contributed by atoms with van der Waals surface area (Å²) in [7, 11) is 3.22. The maximum Gasteiger partial charge on any atom is 0.337 e. The zero-order valence-electron chi connectivity index (χ0n) is 11.1. The van der Waals surface area contributed by atoms with E-state index in [9.17, 15) is 14.7 Å². The molecule has 0 unspecified atom stereocenters. The van der Waals surface area contributed by atoms with E-state index in [1.165, 1.54) is 27.9 Å². The van der Waals surface area contributed by atoms with E-state index in [1.54, 1.807) is 26.2 Å². The van der Waals surface area contributed by atoms with Gasteiger partial charge in [-0.15, -0.1) is 0 Å². The van der Waals surface area contributed by atoms with Crippen LogP contribution in [0.25, 0.3) is 5.69 Å². The third-order valence-corrected chi connectivity index (χ3v) is 2.74. The zero-order valence-corrected chi connectivity index (χ0v) is 11.1. The molecule has 0 aliphatic rings. The summed E-state index contributed by atoms with van der Waals surface area (Å²) < 4.78 is 1.30. The predicted octanol–water partition coefficient (Wildman–Crippen LogP) is 0.855. The Kier molecular flexibility index (Phi) is 3.43. The number of amides is 1. The van der Waals surface area contributed by atoms with Crippen LogP contribution in [-0.2, 0) is 0 Å². The lowest BCUT2D eigenvalue weighted by atomic mass is 10.1. The van der Waals surface area contributed by atoms with E-state index in [0.29, 0.717) is 0 Å². The second-order valence-corrected chi connectivity index (χ2v) is 4.39. The summed E-state index contributed by atoms with van der Waals surface area (Å²) in [6, 6.07) is 6.08. The second kappa shape index (κ2) is 5.04. The number of carboxylic acid groups (broad SMARTS) is 1. The summed E-state index contributed by atoms with van der Waals surface area (Å²) >= 11 is 0. The van der Waals surface area contributed by atoms with Gasteiger partial charge in [-0.2, -0.15) is 5.10 Å². The number of hydrogen-bond donors (Lipinski definition) is 2. The van der Waals surface area contributed by atoms with Gasteiger partial charge in [0, 0.05) is 20.3 Å². The van der Waals surface area contributed by atoms with E-state index in [0.717, 1.165) is 0 Å². The van der Waals surface area contributed by atoms with Crippen molar-refractivity contribution in [1.29, 1.82) is 0 Å². The molecule has 0 saturated heterocycles. The van der Waals surface area contributed by atoms with Gasteiger partial charge in [-0.3, -0.25) is 4.79 Å². The fraction of sp³-hybridized carbons (Fsp3) is 0.154. The van der Waals surface area contributed by atoms with Gasteiger partial charge in [0.2, 0.25) is 0 Å². The van der Waals surface area contributed by atoms with Gasteiger partial charge >= 0.3 is 5.97 Å². The molecule has 1 amide bonds. The van der Waals surface area contributed by atoms with Gasteiger partial charge in [0.25, 0.3) is 5.91 Å². The normalized spacial score (nSPS) is 10.3. The van der Waals surface area contributed by atoms with E-state index in [1.807, 2.05) is 0 Å². The lowest BCUT2D eigenvalue weighted by Crippen LogP contribution is -2.22. The summed E-state index contributed by atoms with van der Waals surface area (Å²) in [4.78, 5) is 24.4. The van der Waals surface area contributed by atoms with Gasteiger partial charge < -0.3 is 15.7 Å². The molecule has 1 aromatic carbocycles. The first-order valence-corrected chi connectivity index (χ1v) is 5.81. The number of nitrogen functional groups attached to an aromatic ring is 1. The third-order valence-electron chi connectivity index (χ3n) is 2.74. The number of rotatable bonds is 3. The quantitative estimate of drug-likeness (QED) is 0.808. The summed E-state index contributed by atoms with van der Waals surface area (Å²) in [5.41, 5.74) is 6.58. The predicted molar refractivity (Wildman–Crippen MR) is 73.0 cm³/mol. The molecule has 2 aromatic rings. The average Bonchev–Trinajstić information content (AvgIpc) is 2.86. The molecular formula is C13H14N4O3. The number of carbonyl (C=O) groups excluding carboxylic acids is 1. The van der Waals surface area contributed by atoms with Gasteiger partial charge in [-0.25, -0.2) is 9.48 Å². The van der Waals surface area contributed by atoms with Crippen LogP contribution in [-0.4, -0.2) is 45.8 Å². The van der Waals surface area contributed by atoms with Crippen LogP contribution in [0.4, 0.5) is 5.69 Å². The van der Waals surface area contributed by atoms with Crippen LogP contribution in [0, 0.1) is 0 Å². The highest BCUT2D eigenvalue weighted by molar-refractivity contribution is 5.95. The van der Waals surface area contributed by atoms with E-state index < -0.39 is 5.97 Å². The van der Waals surface area contributed by atoms with Crippen LogP contribution >= 0.6 is 0 Å². The van der Waals surface area contributed by atoms with Crippen LogP contribution < -0.4 is 5.73 Å². The maximum atomic E-state index is 11.8. The average molecular weight is 274 g/mol. The largest absolute Gasteiger partial charge is 0.478 e. The van der Waals surface area contributed by atoms with Crippen LogP contribution in [0.5, 0.6) is 0 Å². The van der Waals surface area contributed by atoms with Crippen molar-refractivity contribution in [2.45, 2.75) is 0 Å². The van der Waals surface area contributed by atoms with Gasteiger partial charge in [-0.1, -0.05) is 6.07 Å². The number of aromatic nitrogens is 2. The number of carboxylic acids is 1. The molecule has 2 rings (SSSR count). The topological polar surface area (TPSA) is 101 Å². The molecular weight excluding hydrogens is 260 g/mol. The molecule has 0 spiro atoms. The molecule has 20 heavy (non-hydrogen) atoms. The molecule has 0 radical (unpaired) electrons. The Morgan fingerprint density at radius 1 is 1.30 bits per heavy atom. The number of anilines is 1. The highest BCUT2D eigenvalue weighted by atomic mass is 16.4. The molecule has 0 aliphatic heterocycles. The Morgan fingerprint density at radius 2 is 2.00 bits per heavy atom. The van der Waals surface area contributed by atoms with Crippen molar-refractivity contribution in [3.05, 3.63) is 41.7 Å². The van der Waals surface area contributed by atoms with Crippen molar-refractivity contribution in [3.8, 4) is 5.69 Å². The Balaban J connectivity index is 2.53. The van der Waals surface area contributed by atoms with Crippen molar-refractivity contribution in [2.75, 3.05) is 19.8 Å². The first kappa shape index (κ1) is 13.6. The van der Waals surface area contributed by atoms with Crippen LogP contribution in [0.3, 0.4) is 0 Å². The number of aromatic carboxylic acids is 1. The molecule has 104 valence electrons. The van der Waals surface area contributed by atoms with Crippen molar-refractivity contribution >= 4 is 17.6 Å². The molecule has 0 fully saturated rings. The summed E-state index contributed by atoms with van der Waals surface area (Å²) in [6.45, 7) is 0. The molecule has 1 heterocycles. The standard InChI is InChI=1S/C13H14N4O3/c1-16(2)12(18)10-6-7-17(15-10)11-8(13(19)20)4-3-5-9(11)14/h3-7H,14H2,1-2H3,(H,19,20). The first-order valence-electron chi connectivity index (χ1n) is 5.81. The molecule has 7 heteroatoms. The number of nitrogens with two attached hydrogens (primary N) is 1. The molecule has 7 nitrogen and oxygen atoms in total. The highest BCUT2D eigenvalue weighted by Gasteiger charge is 2.17. The SMILES string of the molecule is CN(C)C(=O)c1ccn(-c2c(N)cccc2C(=O)O)n1. The van der Waals surface area contributed by atoms with Crippen molar-refractivity contribution in [1.82, 2.24) is 14.7 Å². The van der Waals surface area contributed by atoms with Gasteiger partial charge in [-0.05, 0) is 18.2 Å². The lowest BCUT2D eigenvalue weighted by Gasteiger charge is -2.10. The highest BCUT2D eigenvalue weighted by Crippen LogP contribution is 2.21. The third kappa shape index (κ3) is 2.33. The smallest absolute Gasteiger partial charge is 0.337 e. The van der Waals surface area contributed by atoms with E-state index in [4.69, 9.17) is 5.73 Å². The van der Waals surface area contributed by atoms with E-state index >= 15 is 0 Å². The van der Waals surface area contributed by atoms with Crippen LogP contribution in [0.1, 0.15) is 20.8 Å². The fourth-order valence-corrected chi connectivity index (χ4v) is 1.78. The summed E-state index contributed by atoms with van der Waals surface area (Å²) in [5, 5.41) is 13.3. The van der Waals surface area contributed by atoms with Crippen molar-refractivity contribution in [3.63, 3.8) is 0 Å². The minimum absolute atomic E-state index is 0.0250. The van der Waals surface area contributed by atoms with Crippen molar-refractivity contribution < 1.29 is 14.7 Å². The lowest BCUT2D eigenvalue weighted by molar-refractivity contribution is 0.0696. The molecule has 0 saturated carbocycles. The summed E-state index contributed by atoms with van der Waals surface area (Å²) in [6.07, 6.45) is 1.51.